The molecule has 0 aromatic carbocycles. The summed E-state index contributed by atoms with van der Waals surface area (Å²) in [7, 11) is 0. The van der Waals surface area contributed by atoms with Crippen molar-refractivity contribution >= 4 is 29.5 Å². The van der Waals surface area contributed by atoms with E-state index in [2.05, 4.69) is 20.5 Å². The van der Waals surface area contributed by atoms with Crippen LogP contribution in [0.2, 0.25) is 0 Å². The van der Waals surface area contributed by atoms with E-state index in [0.29, 0.717) is 30.3 Å². The number of nitrogens with zero attached hydrogens (tertiary/aromatic N) is 4. The standard InChI is InChI=1S/C15H15N5O3/c21-9-12-4-3-10-2-1-7-20(14(10)17-12)15(22)18-13-6-5-11(19-23)8-16-13/h5-6,8-9H,1-4,7H2,(H,16,18,22). The van der Waals surface area contributed by atoms with Crippen molar-refractivity contribution in [3.63, 3.8) is 0 Å². The quantitative estimate of drug-likeness (QED) is 0.684. The van der Waals surface area contributed by atoms with Gasteiger partial charge >= 0.3 is 6.03 Å². The van der Waals surface area contributed by atoms with Crippen LogP contribution in [0.1, 0.15) is 25.7 Å². The van der Waals surface area contributed by atoms with Crippen LogP contribution in [0.4, 0.5) is 16.3 Å². The molecule has 2 aliphatic rings. The minimum atomic E-state index is -0.354. The average Bonchev–Trinajstić information content (AvgIpc) is 2.61. The molecule has 8 heteroatoms. The molecule has 0 aliphatic carbocycles. The summed E-state index contributed by atoms with van der Waals surface area (Å²) in [5.74, 6) is 0.902. The highest BCUT2D eigenvalue weighted by Gasteiger charge is 2.28. The number of aliphatic imine (C=N–C) groups is 1. The Labute approximate surface area is 132 Å². The van der Waals surface area contributed by atoms with Crippen LogP contribution in [0.25, 0.3) is 0 Å². The van der Waals surface area contributed by atoms with E-state index in [1.807, 2.05) is 0 Å². The van der Waals surface area contributed by atoms with E-state index in [4.69, 9.17) is 0 Å². The third kappa shape index (κ3) is 3.15. The Morgan fingerprint density at radius 1 is 1.30 bits per heavy atom. The van der Waals surface area contributed by atoms with E-state index >= 15 is 0 Å². The number of rotatable bonds is 3. The van der Waals surface area contributed by atoms with Gasteiger partial charge in [0.1, 0.15) is 17.3 Å². The molecule has 0 bridgehead atoms. The lowest BCUT2D eigenvalue weighted by Gasteiger charge is -2.31. The molecular formula is C15H15N5O3. The Balaban J connectivity index is 1.79. The number of amides is 2. The van der Waals surface area contributed by atoms with E-state index in [1.54, 1.807) is 0 Å². The Morgan fingerprint density at radius 3 is 2.87 bits per heavy atom. The van der Waals surface area contributed by atoms with Crippen LogP contribution in [0, 0.1) is 4.91 Å². The van der Waals surface area contributed by atoms with Crippen molar-refractivity contribution in [1.82, 2.24) is 9.88 Å². The summed E-state index contributed by atoms with van der Waals surface area (Å²) in [4.78, 5) is 43.6. The van der Waals surface area contributed by atoms with Gasteiger partial charge in [0.05, 0.1) is 11.9 Å². The molecule has 2 amide bonds. The number of pyridine rings is 1. The molecule has 1 aromatic rings. The molecule has 0 fully saturated rings. The van der Waals surface area contributed by atoms with E-state index in [1.165, 1.54) is 23.2 Å². The minimum absolute atomic E-state index is 0.193. The molecule has 1 aromatic heterocycles. The summed E-state index contributed by atoms with van der Waals surface area (Å²) >= 11 is 0. The van der Waals surface area contributed by atoms with Gasteiger partial charge in [-0.1, -0.05) is 0 Å². The number of carbonyl (C=O) groups excluding carboxylic acids is 2. The van der Waals surface area contributed by atoms with Crippen molar-refractivity contribution in [3.05, 3.63) is 34.6 Å². The Hall–Kier alpha value is -2.90. The predicted molar refractivity (Wildman–Crippen MR) is 84.4 cm³/mol. The number of nitrogens with one attached hydrogen (secondary N) is 1. The molecule has 118 valence electrons. The highest BCUT2D eigenvalue weighted by Crippen LogP contribution is 2.30. The number of aldehydes is 1. The second-order valence-corrected chi connectivity index (χ2v) is 5.33. The largest absolute Gasteiger partial charge is 0.328 e. The second-order valence-electron chi connectivity index (χ2n) is 5.33. The first-order valence-electron chi connectivity index (χ1n) is 7.34. The zero-order valence-corrected chi connectivity index (χ0v) is 12.4. The van der Waals surface area contributed by atoms with Crippen molar-refractivity contribution in [2.75, 3.05) is 11.9 Å². The zero-order valence-electron chi connectivity index (χ0n) is 12.4. The number of carbonyl (C=O) groups is 2. The molecule has 0 saturated heterocycles. The van der Waals surface area contributed by atoms with Gasteiger partial charge < -0.3 is 0 Å². The number of hydrogen-bond acceptors (Lipinski definition) is 6. The molecule has 0 radical (unpaired) electrons. The number of aromatic nitrogens is 1. The lowest BCUT2D eigenvalue weighted by Crippen LogP contribution is -2.38. The summed E-state index contributed by atoms with van der Waals surface area (Å²) in [5, 5.41) is 5.43. The van der Waals surface area contributed by atoms with Crippen LogP contribution < -0.4 is 5.32 Å². The summed E-state index contributed by atoms with van der Waals surface area (Å²) < 4.78 is 0. The third-order valence-corrected chi connectivity index (χ3v) is 3.83. The first-order chi connectivity index (χ1) is 11.2. The predicted octanol–water partition coefficient (Wildman–Crippen LogP) is 2.75. The van der Waals surface area contributed by atoms with Gasteiger partial charge in [0.2, 0.25) is 0 Å². The van der Waals surface area contributed by atoms with Gasteiger partial charge in [0.15, 0.2) is 6.29 Å². The third-order valence-electron chi connectivity index (χ3n) is 3.83. The van der Waals surface area contributed by atoms with Crippen molar-refractivity contribution in [3.8, 4) is 0 Å². The Bertz CT molecular complexity index is 708. The number of hydrogen-bond donors (Lipinski definition) is 1. The maximum Gasteiger partial charge on any atom is 0.328 e. The van der Waals surface area contributed by atoms with E-state index < -0.39 is 0 Å². The maximum absolute atomic E-state index is 12.5. The molecule has 0 atom stereocenters. The molecule has 3 heterocycles. The summed E-state index contributed by atoms with van der Waals surface area (Å²) in [6, 6.07) is 2.63. The fourth-order valence-corrected chi connectivity index (χ4v) is 2.68. The van der Waals surface area contributed by atoms with Gasteiger partial charge in [-0.2, -0.15) is 0 Å². The lowest BCUT2D eigenvalue weighted by molar-refractivity contribution is -0.102. The normalized spacial score (nSPS) is 17.2. The maximum atomic E-state index is 12.5. The summed E-state index contributed by atoms with van der Waals surface area (Å²) in [6.07, 6.45) is 5.16. The molecule has 1 N–H and O–H groups in total. The zero-order chi connectivity index (χ0) is 16.2. The molecule has 23 heavy (non-hydrogen) atoms. The van der Waals surface area contributed by atoms with Gasteiger partial charge in [0, 0.05) is 6.54 Å². The SMILES string of the molecule is O=CC1=NC2=C(CCCN2C(=O)Nc2ccc(N=O)cn2)CC1. The summed E-state index contributed by atoms with van der Waals surface area (Å²) in [6.45, 7) is 0.536. The topological polar surface area (TPSA) is 104 Å². The van der Waals surface area contributed by atoms with E-state index in [0.717, 1.165) is 31.1 Å². The van der Waals surface area contributed by atoms with Crippen molar-refractivity contribution in [2.24, 2.45) is 10.2 Å². The average molecular weight is 313 g/mol. The minimum Gasteiger partial charge on any atom is -0.297 e. The molecule has 0 saturated carbocycles. The van der Waals surface area contributed by atoms with Gasteiger partial charge in [-0.15, -0.1) is 4.91 Å². The van der Waals surface area contributed by atoms with Gasteiger partial charge in [-0.05, 0) is 48.6 Å². The van der Waals surface area contributed by atoms with Crippen LogP contribution in [-0.4, -0.2) is 34.5 Å². The fourth-order valence-electron chi connectivity index (χ4n) is 2.68. The van der Waals surface area contributed by atoms with Crippen LogP contribution in [0.5, 0.6) is 0 Å². The Morgan fingerprint density at radius 2 is 2.17 bits per heavy atom. The fraction of sp³-hybridized carbons (Fsp3) is 0.333. The number of anilines is 1. The van der Waals surface area contributed by atoms with Crippen molar-refractivity contribution in [1.29, 1.82) is 0 Å². The van der Waals surface area contributed by atoms with Crippen molar-refractivity contribution < 1.29 is 9.59 Å². The lowest BCUT2D eigenvalue weighted by atomic mass is 9.97. The second kappa shape index (κ2) is 6.47. The van der Waals surface area contributed by atoms with Crippen LogP contribution >= 0.6 is 0 Å². The van der Waals surface area contributed by atoms with Gasteiger partial charge in [0.25, 0.3) is 0 Å². The van der Waals surface area contributed by atoms with Crippen molar-refractivity contribution in [2.45, 2.75) is 25.7 Å². The summed E-state index contributed by atoms with van der Waals surface area (Å²) in [5.41, 5.74) is 1.76. The number of nitroso groups, excluding NO2 is 1. The van der Waals surface area contributed by atoms with Crippen LogP contribution in [0.15, 0.2) is 39.9 Å². The van der Waals surface area contributed by atoms with E-state index in [-0.39, 0.29) is 11.7 Å². The molecule has 2 aliphatic heterocycles. The monoisotopic (exact) mass is 313 g/mol. The molecule has 3 rings (SSSR count). The van der Waals surface area contributed by atoms with Crippen LogP contribution in [-0.2, 0) is 4.79 Å². The van der Waals surface area contributed by atoms with E-state index in [9.17, 15) is 14.5 Å². The number of urea groups is 1. The highest BCUT2D eigenvalue weighted by molar-refractivity contribution is 6.28. The highest BCUT2D eigenvalue weighted by atomic mass is 16.3. The number of allylic oxidation sites excluding steroid dienone is 1. The van der Waals surface area contributed by atoms with Gasteiger partial charge in [-0.25, -0.2) is 14.8 Å². The smallest absolute Gasteiger partial charge is 0.297 e. The molecular weight excluding hydrogens is 298 g/mol. The molecule has 8 nitrogen and oxygen atoms in total. The van der Waals surface area contributed by atoms with Gasteiger partial charge in [-0.3, -0.25) is 15.0 Å². The first-order valence-corrected chi connectivity index (χ1v) is 7.34. The first kappa shape index (κ1) is 15.0. The van der Waals surface area contributed by atoms with Crippen LogP contribution in [0.3, 0.4) is 0 Å². The molecule has 0 spiro atoms. The molecule has 0 unspecified atom stereocenters. The Kier molecular flexibility index (Phi) is 4.22.